The smallest absolute Gasteiger partial charge is 0.337 e. The van der Waals surface area contributed by atoms with Crippen LogP contribution in [-0.4, -0.2) is 23.1 Å². The van der Waals surface area contributed by atoms with E-state index in [1.165, 1.54) is 6.07 Å². The summed E-state index contributed by atoms with van der Waals surface area (Å²) in [6, 6.07) is 3.88. The maximum absolute atomic E-state index is 11.7. The number of aromatic carboxylic acids is 1. The summed E-state index contributed by atoms with van der Waals surface area (Å²) in [4.78, 5) is 22.8. The number of aryl methyl sites for hydroxylation is 1. The molecule has 0 aliphatic rings. The van der Waals surface area contributed by atoms with Crippen molar-refractivity contribution in [1.29, 1.82) is 0 Å². The van der Waals surface area contributed by atoms with Crippen LogP contribution in [0.3, 0.4) is 0 Å². The van der Waals surface area contributed by atoms with Gasteiger partial charge in [0.1, 0.15) is 0 Å². The van der Waals surface area contributed by atoms with Crippen molar-refractivity contribution in [2.75, 3.05) is 5.32 Å². The van der Waals surface area contributed by atoms with Gasteiger partial charge >= 0.3 is 12.0 Å². The summed E-state index contributed by atoms with van der Waals surface area (Å²) in [6.45, 7) is 3.63. The predicted molar refractivity (Wildman–Crippen MR) is 73.2 cm³/mol. The average molecular weight is 260 g/mol. The summed E-state index contributed by atoms with van der Waals surface area (Å²) in [6.07, 6.45) is 5.84. The van der Waals surface area contributed by atoms with E-state index in [1.54, 1.807) is 19.1 Å². The summed E-state index contributed by atoms with van der Waals surface area (Å²) in [5, 5.41) is 14.1. The van der Waals surface area contributed by atoms with Gasteiger partial charge in [-0.25, -0.2) is 9.59 Å². The van der Waals surface area contributed by atoms with Gasteiger partial charge in [0.25, 0.3) is 0 Å². The number of nitrogens with one attached hydrogen (secondary N) is 2. The van der Waals surface area contributed by atoms with E-state index in [-0.39, 0.29) is 17.3 Å². The molecule has 0 saturated heterocycles. The molecule has 0 aromatic heterocycles. The second kappa shape index (κ2) is 6.45. The predicted octanol–water partition coefficient (Wildman–Crippen LogP) is 2.23. The Balaban J connectivity index is 2.85. The Morgan fingerprint density at radius 1 is 1.47 bits per heavy atom. The minimum Gasteiger partial charge on any atom is -0.478 e. The highest BCUT2D eigenvalue weighted by Gasteiger charge is 2.13. The second-order valence-corrected chi connectivity index (χ2v) is 4.08. The fourth-order valence-electron chi connectivity index (χ4n) is 1.52. The molecule has 3 N–H and O–H groups in total. The zero-order valence-electron chi connectivity index (χ0n) is 10.9. The minimum absolute atomic E-state index is 0.0453. The molecule has 1 unspecified atom stereocenters. The lowest BCUT2D eigenvalue weighted by Gasteiger charge is -2.13. The molecule has 1 aromatic rings. The van der Waals surface area contributed by atoms with Crippen LogP contribution in [0, 0.1) is 19.3 Å². The molecule has 0 heterocycles. The highest BCUT2D eigenvalue weighted by Crippen LogP contribution is 2.17. The highest BCUT2D eigenvalue weighted by molar-refractivity contribution is 6.00. The quantitative estimate of drug-likeness (QED) is 0.726. The maximum atomic E-state index is 11.7. The van der Waals surface area contributed by atoms with E-state index in [9.17, 15) is 9.59 Å². The fourth-order valence-corrected chi connectivity index (χ4v) is 1.52. The van der Waals surface area contributed by atoms with E-state index in [1.807, 2.05) is 6.92 Å². The van der Waals surface area contributed by atoms with Gasteiger partial charge in [-0.05, 0) is 25.5 Å². The molecule has 0 bridgehead atoms. The van der Waals surface area contributed by atoms with E-state index in [0.717, 1.165) is 5.56 Å². The van der Waals surface area contributed by atoms with Crippen LogP contribution in [0.25, 0.3) is 0 Å². The monoisotopic (exact) mass is 260 g/mol. The molecule has 0 fully saturated rings. The molecule has 0 spiro atoms. The molecule has 0 aliphatic carbocycles. The number of carbonyl (C=O) groups is 2. The van der Waals surface area contributed by atoms with Crippen molar-refractivity contribution in [3.8, 4) is 12.3 Å². The molecule has 1 atom stereocenters. The van der Waals surface area contributed by atoms with Crippen molar-refractivity contribution in [2.24, 2.45) is 0 Å². The normalized spacial score (nSPS) is 11.2. The maximum Gasteiger partial charge on any atom is 0.337 e. The molecular weight excluding hydrogens is 244 g/mol. The van der Waals surface area contributed by atoms with Crippen LogP contribution in [0.15, 0.2) is 18.2 Å². The van der Waals surface area contributed by atoms with Crippen LogP contribution < -0.4 is 10.6 Å². The second-order valence-electron chi connectivity index (χ2n) is 4.08. The zero-order valence-corrected chi connectivity index (χ0v) is 10.9. The van der Waals surface area contributed by atoms with Gasteiger partial charge < -0.3 is 15.7 Å². The van der Waals surface area contributed by atoms with Crippen molar-refractivity contribution < 1.29 is 14.7 Å². The standard InChI is InChI=1S/C14H16N2O3/c1-4-10(5-2)15-14(19)16-12-7-6-9(3)8-11(12)13(17)18/h1,6-8,10H,5H2,2-3H3,(H,17,18)(H2,15,16,19). The molecule has 1 rings (SSSR count). The number of benzene rings is 1. The van der Waals surface area contributed by atoms with E-state index >= 15 is 0 Å². The highest BCUT2D eigenvalue weighted by atomic mass is 16.4. The number of carbonyl (C=O) groups excluding carboxylic acids is 1. The lowest BCUT2D eigenvalue weighted by Crippen LogP contribution is -2.36. The van der Waals surface area contributed by atoms with Gasteiger partial charge in [-0.3, -0.25) is 0 Å². The number of hydrogen-bond acceptors (Lipinski definition) is 2. The molecule has 0 aliphatic heterocycles. The Morgan fingerprint density at radius 2 is 2.16 bits per heavy atom. The van der Waals surface area contributed by atoms with Crippen molar-refractivity contribution >= 4 is 17.7 Å². The van der Waals surface area contributed by atoms with Gasteiger partial charge in [0.2, 0.25) is 0 Å². The number of urea groups is 1. The SMILES string of the molecule is C#CC(CC)NC(=O)Nc1ccc(C)cc1C(=O)O. The van der Waals surface area contributed by atoms with Crippen LogP contribution in [0.5, 0.6) is 0 Å². The van der Waals surface area contributed by atoms with Crippen molar-refractivity contribution in [1.82, 2.24) is 5.32 Å². The molecule has 0 saturated carbocycles. The fraction of sp³-hybridized carbons (Fsp3) is 0.286. The van der Waals surface area contributed by atoms with Crippen LogP contribution in [0.2, 0.25) is 0 Å². The molecule has 19 heavy (non-hydrogen) atoms. The Kier molecular flexibility index (Phi) is 4.95. The topological polar surface area (TPSA) is 78.4 Å². The summed E-state index contributed by atoms with van der Waals surface area (Å²) in [7, 11) is 0. The third-order valence-electron chi connectivity index (χ3n) is 2.57. The van der Waals surface area contributed by atoms with Crippen LogP contribution >= 0.6 is 0 Å². The molecule has 1 aromatic carbocycles. The Labute approximate surface area is 112 Å². The van der Waals surface area contributed by atoms with E-state index in [0.29, 0.717) is 6.42 Å². The van der Waals surface area contributed by atoms with Gasteiger partial charge in [-0.1, -0.05) is 24.5 Å². The van der Waals surface area contributed by atoms with Gasteiger partial charge in [-0.2, -0.15) is 0 Å². The van der Waals surface area contributed by atoms with Gasteiger partial charge in [0.15, 0.2) is 0 Å². The number of anilines is 1. The van der Waals surface area contributed by atoms with Gasteiger partial charge in [-0.15, -0.1) is 6.42 Å². The first kappa shape index (κ1) is 14.6. The number of amides is 2. The average Bonchev–Trinajstić information content (AvgIpc) is 2.37. The molecule has 5 nitrogen and oxygen atoms in total. The number of carboxylic acids is 1. The Morgan fingerprint density at radius 3 is 2.68 bits per heavy atom. The Hall–Kier alpha value is -2.48. The summed E-state index contributed by atoms with van der Waals surface area (Å²) >= 11 is 0. The van der Waals surface area contributed by atoms with E-state index in [2.05, 4.69) is 16.6 Å². The van der Waals surface area contributed by atoms with Crippen LogP contribution in [-0.2, 0) is 0 Å². The lowest BCUT2D eigenvalue weighted by molar-refractivity contribution is 0.0698. The number of rotatable bonds is 4. The van der Waals surface area contributed by atoms with Gasteiger partial charge in [0, 0.05) is 0 Å². The first-order chi connectivity index (χ1) is 8.97. The summed E-state index contributed by atoms with van der Waals surface area (Å²) in [5.41, 5.74) is 1.09. The molecule has 2 amide bonds. The van der Waals surface area contributed by atoms with Crippen LogP contribution in [0.1, 0.15) is 29.3 Å². The number of terminal acetylenes is 1. The zero-order chi connectivity index (χ0) is 14.4. The summed E-state index contributed by atoms with van der Waals surface area (Å²) in [5.74, 6) is 1.33. The Bertz CT molecular complexity index is 532. The third-order valence-corrected chi connectivity index (χ3v) is 2.57. The largest absolute Gasteiger partial charge is 0.478 e. The van der Waals surface area contributed by atoms with E-state index < -0.39 is 12.0 Å². The van der Waals surface area contributed by atoms with E-state index in [4.69, 9.17) is 11.5 Å². The molecular formula is C14H16N2O3. The first-order valence-electron chi connectivity index (χ1n) is 5.85. The van der Waals surface area contributed by atoms with Crippen molar-refractivity contribution in [3.63, 3.8) is 0 Å². The molecule has 0 radical (unpaired) electrons. The van der Waals surface area contributed by atoms with Gasteiger partial charge in [0.05, 0.1) is 17.3 Å². The minimum atomic E-state index is -1.09. The van der Waals surface area contributed by atoms with Crippen molar-refractivity contribution in [2.45, 2.75) is 26.3 Å². The van der Waals surface area contributed by atoms with Crippen LogP contribution in [0.4, 0.5) is 10.5 Å². The third kappa shape index (κ3) is 4.03. The lowest BCUT2D eigenvalue weighted by atomic mass is 10.1. The molecule has 5 heteroatoms. The number of hydrogen-bond donors (Lipinski definition) is 3. The summed E-state index contributed by atoms with van der Waals surface area (Å²) < 4.78 is 0. The molecule has 100 valence electrons. The number of carboxylic acid groups (broad SMARTS) is 1. The first-order valence-corrected chi connectivity index (χ1v) is 5.85. The van der Waals surface area contributed by atoms with Crippen molar-refractivity contribution in [3.05, 3.63) is 29.3 Å².